The SMILES string of the molecule is O=C1CS(O)(O)CC1Br. The molecule has 0 aliphatic carbocycles. The molecule has 54 valence electrons. The standard InChI is InChI=1S/C4H7BrO3S/c5-3-1-9(7,8)2-4(3)6/h3,7-8H,1-2H2. The zero-order valence-corrected chi connectivity index (χ0v) is 6.98. The molecule has 1 atom stereocenters. The molecule has 1 rings (SSSR count). The van der Waals surface area contributed by atoms with Crippen molar-refractivity contribution in [2.45, 2.75) is 4.83 Å². The molecular formula is C4H7BrO3S. The van der Waals surface area contributed by atoms with E-state index in [9.17, 15) is 4.79 Å². The van der Waals surface area contributed by atoms with E-state index in [-0.39, 0.29) is 22.1 Å². The minimum atomic E-state index is -2.54. The summed E-state index contributed by atoms with van der Waals surface area (Å²) in [6.45, 7) is 0. The minimum absolute atomic E-state index is 0.0666. The second kappa shape index (κ2) is 2.23. The fourth-order valence-electron chi connectivity index (χ4n) is 0.704. The number of hydrogen-bond acceptors (Lipinski definition) is 3. The lowest BCUT2D eigenvalue weighted by molar-refractivity contribution is -0.115. The van der Waals surface area contributed by atoms with Gasteiger partial charge in [-0.15, -0.1) is 0 Å². The summed E-state index contributed by atoms with van der Waals surface area (Å²) in [5.74, 6) is 0.0179. The summed E-state index contributed by atoms with van der Waals surface area (Å²) >= 11 is 3.03. The highest BCUT2D eigenvalue weighted by atomic mass is 79.9. The van der Waals surface area contributed by atoms with Crippen LogP contribution in [-0.4, -0.2) is 31.2 Å². The molecule has 9 heavy (non-hydrogen) atoms. The molecule has 0 aromatic rings. The third kappa shape index (κ3) is 1.67. The number of ketones is 1. The van der Waals surface area contributed by atoms with Gasteiger partial charge in [-0.3, -0.25) is 13.9 Å². The third-order valence-electron chi connectivity index (χ3n) is 1.14. The van der Waals surface area contributed by atoms with Crippen molar-refractivity contribution in [1.82, 2.24) is 0 Å². The molecule has 0 saturated carbocycles. The van der Waals surface area contributed by atoms with Crippen molar-refractivity contribution >= 4 is 32.3 Å². The lowest BCUT2D eigenvalue weighted by atomic mass is 10.4. The first-order chi connectivity index (χ1) is 4.01. The second-order valence-electron chi connectivity index (χ2n) is 2.05. The maximum Gasteiger partial charge on any atom is 0.166 e. The molecule has 0 bridgehead atoms. The van der Waals surface area contributed by atoms with Gasteiger partial charge >= 0.3 is 0 Å². The van der Waals surface area contributed by atoms with Gasteiger partial charge in [0.1, 0.15) is 0 Å². The summed E-state index contributed by atoms with van der Waals surface area (Å²) in [6.07, 6.45) is 0. The second-order valence-corrected chi connectivity index (χ2v) is 5.38. The predicted octanol–water partition coefficient (Wildman–Crippen LogP) is 1.08. The quantitative estimate of drug-likeness (QED) is 0.594. The smallest absolute Gasteiger partial charge is 0.166 e. The van der Waals surface area contributed by atoms with E-state index in [1.807, 2.05) is 0 Å². The van der Waals surface area contributed by atoms with Gasteiger partial charge in [0.15, 0.2) is 5.78 Å². The van der Waals surface area contributed by atoms with Gasteiger partial charge in [0, 0.05) is 0 Å². The Kier molecular flexibility index (Phi) is 1.86. The number of rotatable bonds is 0. The van der Waals surface area contributed by atoms with Crippen LogP contribution in [0.1, 0.15) is 0 Å². The van der Waals surface area contributed by atoms with E-state index in [2.05, 4.69) is 15.9 Å². The molecule has 1 heterocycles. The normalized spacial score (nSPS) is 36.8. The summed E-state index contributed by atoms with van der Waals surface area (Å²) < 4.78 is 17.8. The van der Waals surface area contributed by atoms with Crippen LogP contribution in [0.15, 0.2) is 0 Å². The Hall–Kier alpha value is 0.420. The Morgan fingerprint density at radius 3 is 2.33 bits per heavy atom. The highest BCUT2D eigenvalue weighted by molar-refractivity contribution is 9.10. The summed E-state index contributed by atoms with van der Waals surface area (Å²) in [7, 11) is -2.54. The summed E-state index contributed by atoms with van der Waals surface area (Å²) in [4.78, 5) is 10.3. The van der Waals surface area contributed by atoms with Crippen molar-refractivity contribution in [1.29, 1.82) is 0 Å². The van der Waals surface area contributed by atoms with Gasteiger partial charge in [-0.1, -0.05) is 15.9 Å². The Morgan fingerprint density at radius 1 is 1.67 bits per heavy atom. The van der Waals surface area contributed by atoms with Crippen molar-refractivity contribution in [3.05, 3.63) is 0 Å². The van der Waals surface area contributed by atoms with Crippen molar-refractivity contribution in [2.75, 3.05) is 11.5 Å². The van der Waals surface area contributed by atoms with E-state index < -0.39 is 10.6 Å². The zero-order valence-electron chi connectivity index (χ0n) is 4.58. The summed E-state index contributed by atoms with van der Waals surface area (Å²) in [6, 6.07) is 0. The summed E-state index contributed by atoms with van der Waals surface area (Å²) in [5, 5.41) is 0. The van der Waals surface area contributed by atoms with E-state index in [0.717, 1.165) is 0 Å². The van der Waals surface area contributed by atoms with Gasteiger partial charge in [0.25, 0.3) is 0 Å². The molecule has 1 saturated heterocycles. The maximum absolute atomic E-state index is 10.6. The van der Waals surface area contributed by atoms with Crippen molar-refractivity contribution in [3.63, 3.8) is 0 Å². The maximum atomic E-state index is 10.6. The number of hydrogen-bond donors (Lipinski definition) is 2. The Bertz CT molecular complexity index is 147. The Labute approximate surface area is 62.9 Å². The van der Waals surface area contributed by atoms with Gasteiger partial charge in [0.05, 0.1) is 16.3 Å². The molecule has 1 fully saturated rings. The molecule has 1 aliphatic rings. The molecular weight excluding hydrogens is 208 g/mol. The number of alkyl halides is 1. The van der Waals surface area contributed by atoms with Crippen molar-refractivity contribution in [2.24, 2.45) is 0 Å². The third-order valence-corrected chi connectivity index (χ3v) is 4.01. The summed E-state index contributed by atoms with van der Waals surface area (Å²) in [5.41, 5.74) is 0. The molecule has 0 aromatic heterocycles. The fraction of sp³-hybridized carbons (Fsp3) is 0.750. The molecule has 0 amide bonds. The number of carbonyl (C=O) groups is 1. The molecule has 0 radical (unpaired) electrons. The monoisotopic (exact) mass is 214 g/mol. The van der Waals surface area contributed by atoms with Gasteiger partial charge in [0.2, 0.25) is 0 Å². The average molecular weight is 215 g/mol. The van der Waals surface area contributed by atoms with Crippen LogP contribution < -0.4 is 0 Å². The van der Waals surface area contributed by atoms with Gasteiger partial charge < -0.3 is 0 Å². The van der Waals surface area contributed by atoms with Crippen LogP contribution in [0.3, 0.4) is 0 Å². The zero-order chi connectivity index (χ0) is 7.07. The molecule has 1 aliphatic heterocycles. The van der Waals surface area contributed by atoms with Gasteiger partial charge in [-0.05, 0) is 0 Å². The van der Waals surface area contributed by atoms with Gasteiger partial charge in [-0.2, -0.15) is 10.6 Å². The van der Waals surface area contributed by atoms with E-state index >= 15 is 0 Å². The molecule has 1 unspecified atom stereocenters. The van der Waals surface area contributed by atoms with Crippen LogP contribution in [0.2, 0.25) is 0 Å². The highest BCUT2D eigenvalue weighted by Crippen LogP contribution is 2.46. The first kappa shape index (κ1) is 7.53. The topological polar surface area (TPSA) is 57.5 Å². The van der Waals surface area contributed by atoms with Crippen LogP contribution in [0.4, 0.5) is 0 Å². The van der Waals surface area contributed by atoms with Crippen LogP contribution in [0.5, 0.6) is 0 Å². The first-order valence-corrected chi connectivity index (χ1v) is 5.22. The van der Waals surface area contributed by atoms with Crippen molar-refractivity contribution in [3.8, 4) is 0 Å². The molecule has 3 nitrogen and oxygen atoms in total. The minimum Gasteiger partial charge on any atom is -0.299 e. The lowest BCUT2D eigenvalue weighted by Gasteiger charge is -2.23. The van der Waals surface area contributed by atoms with E-state index in [4.69, 9.17) is 9.11 Å². The van der Waals surface area contributed by atoms with Crippen molar-refractivity contribution < 1.29 is 13.9 Å². The molecule has 2 N–H and O–H groups in total. The largest absolute Gasteiger partial charge is 0.299 e. The van der Waals surface area contributed by atoms with Gasteiger partial charge in [-0.25, -0.2) is 0 Å². The van der Waals surface area contributed by atoms with Crippen LogP contribution in [-0.2, 0) is 4.79 Å². The Balaban J connectivity index is 2.65. The van der Waals surface area contributed by atoms with Crippen LogP contribution >= 0.6 is 26.5 Å². The molecule has 5 heteroatoms. The number of halogens is 1. The molecule has 0 spiro atoms. The van der Waals surface area contributed by atoms with E-state index in [0.29, 0.717) is 0 Å². The first-order valence-electron chi connectivity index (χ1n) is 2.42. The van der Waals surface area contributed by atoms with Crippen LogP contribution in [0.25, 0.3) is 0 Å². The Morgan fingerprint density at radius 2 is 2.22 bits per heavy atom. The predicted molar refractivity (Wildman–Crippen MR) is 40.3 cm³/mol. The fourth-order valence-corrected chi connectivity index (χ4v) is 3.78. The average Bonchev–Trinajstić information content (AvgIpc) is 1.79. The van der Waals surface area contributed by atoms with Crippen LogP contribution in [0, 0.1) is 0 Å². The van der Waals surface area contributed by atoms with E-state index in [1.54, 1.807) is 0 Å². The lowest BCUT2D eigenvalue weighted by Crippen LogP contribution is -2.08. The highest BCUT2D eigenvalue weighted by Gasteiger charge is 2.33. The van der Waals surface area contributed by atoms with E-state index in [1.165, 1.54) is 0 Å². The molecule has 0 aromatic carbocycles. The number of carbonyl (C=O) groups excluding carboxylic acids is 1. The number of Topliss-reactive ketones (excluding diaryl/α,β-unsaturated/α-hetero) is 1.